The summed E-state index contributed by atoms with van der Waals surface area (Å²) in [7, 11) is 1.33. The number of ether oxygens (including phenoxy) is 1. The van der Waals surface area contributed by atoms with Gasteiger partial charge in [0.2, 0.25) is 10.9 Å². The number of hydrogen-bond donors (Lipinski definition) is 1. The minimum atomic E-state index is -0.466. The highest BCUT2D eigenvalue weighted by Crippen LogP contribution is 2.29. The minimum absolute atomic E-state index is 0.242. The number of carbonyl (C=O) groups is 1. The third kappa shape index (κ3) is 3.48. The Morgan fingerprint density at radius 1 is 1.58 bits per heavy atom. The van der Waals surface area contributed by atoms with Crippen molar-refractivity contribution in [3.05, 3.63) is 23.7 Å². The lowest BCUT2D eigenvalue weighted by atomic mass is 10.3. The van der Waals surface area contributed by atoms with Crippen molar-refractivity contribution in [3.8, 4) is 0 Å². The maximum atomic E-state index is 11.4. The average Bonchev–Trinajstić information content (AvgIpc) is 3.04. The molecule has 0 aliphatic carbocycles. The van der Waals surface area contributed by atoms with E-state index in [1.54, 1.807) is 6.07 Å². The van der Waals surface area contributed by atoms with Gasteiger partial charge in [0.25, 0.3) is 0 Å². The van der Waals surface area contributed by atoms with E-state index >= 15 is 0 Å². The Morgan fingerprint density at radius 3 is 3.16 bits per heavy atom. The first-order valence-electron chi connectivity index (χ1n) is 5.59. The van der Waals surface area contributed by atoms with E-state index in [-0.39, 0.29) is 5.76 Å². The van der Waals surface area contributed by atoms with Gasteiger partial charge in [-0.3, -0.25) is 0 Å². The van der Waals surface area contributed by atoms with Gasteiger partial charge in [0, 0.05) is 17.9 Å². The molecule has 2 aromatic rings. The molecule has 8 heteroatoms. The zero-order valence-corrected chi connectivity index (χ0v) is 12.1. The van der Waals surface area contributed by atoms with Gasteiger partial charge in [-0.15, -0.1) is 10.2 Å². The molecule has 0 radical (unpaired) electrons. The van der Waals surface area contributed by atoms with Crippen molar-refractivity contribution in [1.82, 2.24) is 10.2 Å². The van der Waals surface area contributed by atoms with Crippen LogP contribution < -0.4 is 5.32 Å². The predicted octanol–water partition coefficient (Wildman–Crippen LogP) is 2.64. The predicted molar refractivity (Wildman–Crippen MR) is 73.7 cm³/mol. The number of aromatic nitrogens is 2. The Bertz CT molecular complexity index is 553. The second-order valence-corrected chi connectivity index (χ2v) is 5.66. The fourth-order valence-corrected chi connectivity index (χ4v) is 3.15. The number of anilines is 1. The fraction of sp³-hybridized carbons (Fsp3) is 0.364. The van der Waals surface area contributed by atoms with Crippen LogP contribution in [0.4, 0.5) is 5.13 Å². The van der Waals surface area contributed by atoms with E-state index in [9.17, 15) is 4.79 Å². The summed E-state index contributed by atoms with van der Waals surface area (Å²) in [6, 6.07) is 1.76. The summed E-state index contributed by atoms with van der Waals surface area (Å²) in [6.07, 6.45) is 1.48. The van der Waals surface area contributed by atoms with E-state index in [0.29, 0.717) is 5.75 Å². The summed E-state index contributed by atoms with van der Waals surface area (Å²) < 4.78 is 10.6. The molecule has 2 rings (SSSR count). The van der Waals surface area contributed by atoms with Crippen molar-refractivity contribution < 1.29 is 13.9 Å². The van der Waals surface area contributed by atoms with Gasteiger partial charge in [0.1, 0.15) is 0 Å². The Hall–Kier alpha value is -1.54. The van der Waals surface area contributed by atoms with Gasteiger partial charge in [-0.1, -0.05) is 23.1 Å². The van der Waals surface area contributed by atoms with Gasteiger partial charge in [-0.25, -0.2) is 4.79 Å². The Kier molecular flexibility index (Phi) is 4.80. The van der Waals surface area contributed by atoms with Crippen LogP contribution >= 0.6 is 23.1 Å². The van der Waals surface area contributed by atoms with Crippen LogP contribution in [0.1, 0.15) is 23.0 Å². The molecule has 6 nitrogen and oxygen atoms in total. The summed E-state index contributed by atoms with van der Waals surface area (Å²) in [5.74, 6) is 0.361. The van der Waals surface area contributed by atoms with E-state index in [1.165, 1.54) is 36.5 Å². The summed E-state index contributed by atoms with van der Waals surface area (Å²) in [6.45, 7) is 2.82. The summed E-state index contributed by atoms with van der Waals surface area (Å²) in [5, 5.41) is 11.9. The molecule has 2 heterocycles. The highest BCUT2D eigenvalue weighted by molar-refractivity contribution is 8.00. The van der Waals surface area contributed by atoms with Gasteiger partial charge < -0.3 is 14.5 Å². The lowest BCUT2D eigenvalue weighted by Gasteiger charge is -1.98. The molecule has 0 saturated carbocycles. The normalized spacial score (nSPS) is 10.4. The van der Waals surface area contributed by atoms with Crippen LogP contribution in [0, 0.1) is 0 Å². The van der Waals surface area contributed by atoms with Crippen LogP contribution in [0.25, 0.3) is 0 Å². The van der Waals surface area contributed by atoms with Crippen molar-refractivity contribution >= 4 is 34.2 Å². The Morgan fingerprint density at radius 2 is 2.42 bits per heavy atom. The first-order chi connectivity index (χ1) is 9.24. The van der Waals surface area contributed by atoms with Gasteiger partial charge >= 0.3 is 5.97 Å². The molecule has 0 unspecified atom stereocenters. The monoisotopic (exact) mass is 299 g/mol. The first-order valence-corrected chi connectivity index (χ1v) is 7.39. The smallest absolute Gasteiger partial charge is 0.374 e. The molecule has 0 aliphatic heterocycles. The summed E-state index contributed by atoms with van der Waals surface area (Å²) in [5.41, 5.74) is 0.789. The molecule has 1 N–H and O–H groups in total. The maximum absolute atomic E-state index is 11.4. The Labute approximate surface area is 118 Å². The number of methoxy groups -OCH3 is 1. The molecule has 0 bridgehead atoms. The second kappa shape index (κ2) is 6.58. The third-order valence-corrected chi connectivity index (χ3v) is 4.27. The van der Waals surface area contributed by atoms with Crippen molar-refractivity contribution in [2.24, 2.45) is 0 Å². The second-order valence-electron chi connectivity index (χ2n) is 3.46. The third-order valence-electron chi connectivity index (χ3n) is 2.20. The van der Waals surface area contributed by atoms with E-state index in [0.717, 1.165) is 21.6 Å². The van der Waals surface area contributed by atoms with Gasteiger partial charge in [0.15, 0.2) is 4.34 Å². The van der Waals surface area contributed by atoms with Crippen molar-refractivity contribution in [2.75, 3.05) is 19.0 Å². The van der Waals surface area contributed by atoms with Crippen LogP contribution in [0.2, 0.25) is 0 Å². The standard InChI is InChI=1S/C11H13N3O3S2/c1-3-12-10-13-14-11(19-10)18-6-7-4-5-17-8(7)9(15)16-2/h4-5H,3,6H2,1-2H3,(H,12,13). The molecule has 0 aliphatic rings. The zero-order chi connectivity index (χ0) is 13.7. The molecule has 0 spiro atoms. The number of hydrogen-bond acceptors (Lipinski definition) is 8. The molecule has 0 saturated heterocycles. The summed E-state index contributed by atoms with van der Waals surface area (Å²) in [4.78, 5) is 11.4. The number of rotatable bonds is 6. The number of carbonyl (C=O) groups excluding carboxylic acids is 1. The maximum Gasteiger partial charge on any atom is 0.374 e. The van der Waals surface area contributed by atoms with Crippen molar-refractivity contribution in [2.45, 2.75) is 17.0 Å². The van der Waals surface area contributed by atoms with Crippen LogP contribution in [-0.4, -0.2) is 29.8 Å². The molecule has 0 atom stereocenters. The zero-order valence-electron chi connectivity index (χ0n) is 10.5. The number of furan rings is 1. The van der Waals surface area contributed by atoms with Gasteiger partial charge in [-0.05, 0) is 13.0 Å². The van der Waals surface area contributed by atoms with E-state index in [1.807, 2.05) is 6.92 Å². The van der Waals surface area contributed by atoms with Crippen LogP contribution in [0.5, 0.6) is 0 Å². The fourth-order valence-electron chi connectivity index (χ4n) is 1.35. The average molecular weight is 299 g/mol. The number of nitrogens with zero attached hydrogens (tertiary/aromatic N) is 2. The van der Waals surface area contributed by atoms with E-state index in [4.69, 9.17) is 4.42 Å². The highest BCUT2D eigenvalue weighted by atomic mass is 32.2. The molecule has 0 aromatic carbocycles. The van der Waals surface area contributed by atoms with E-state index < -0.39 is 5.97 Å². The molecule has 19 heavy (non-hydrogen) atoms. The largest absolute Gasteiger partial charge is 0.463 e. The van der Waals surface area contributed by atoms with Crippen molar-refractivity contribution in [3.63, 3.8) is 0 Å². The molecule has 0 fully saturated rings. The van der Waals surface area contributed by atoms with Gasteiger partial charge in [0.05, 0.1) is 13.4 Å². The van der Waals surface area contributed by atoms with Gasteiger partial charge in [-0.2, -0.15) is 0 Å². The first kappa shape index (κ1) is 13.9. The minimum Gasteiger partial charge on any atom is -0.463 e. The van der Waals surface area contributed by atoms with Crippen LogP contribution in [0.15, 0.2) is 21.1 Å². The lowest BCUT2D eigenvalue weighted by Crippen LogP contribution is -2.02. The molecule has 102 valence electrons. The van der Waals surface area contributed by atoms with Crippen LogP contribution in [-0.2, 0) is 10.5 Å². The topological polar surface area (TPSA) is 77.3 Å². The number of thioether (sulfide) groups is 1. The molecule has 0 amide bonds. The van der Waals surface area contributed by atoms with Crippen molar-refractivity contribution in [1.29, 1.82) is 0 Å². The SMILES string of the molecule is CCNc1nnc(SCc2ccoc2C(=O)OC)s1. The number of esters is 1. The molecule has 2 aromatic heterocycles. The summed E-state index contributed by atoms with van der Waals surface area (Å²) >= 11 is 2.99. The molecular formula is C11H13N3O3S2. The number of nitrogens with one attached hydrogen (secondary N) is 1. The lowest BCUT2D eigenvalue weighted by molar-refractivity contribution is 0.0564. The quantitative estimate of drug-likeness (QED) is 0.649. The van der Waals surface area contributed by atoms with Crippen LogP contribution in [0.3, 0.4) is 0 Å². The Balaban J connectivity index is 1.98. The van der Waals surface area contributed by atoms with E-state index in [2.05, 4.69) is 20.3 Å². The highest BCUT2D eigenvalue weighted by Gasteiger charge is 2.16. The molecular weight excluding hydrogens is 286 g/mol.